The molecule has 0 fully saturated rings. The Bertz CT molecular complexity index is 1300. The van der Waals surface area contributed by atoms with Crippen LogP contribution in [0.5, 0.6) is 28.7 Å². The molecule has 0 spiro atoms. The highest BCUT2D eigenvalue weighted by atomic mass is 16.7. The summed E-state index contributed by atoms with van der Waals surface area (Å²) >= 11 is 0. The first-order valence-electron chi connectivity index (χ1n) is 11.4. The average molecular weight is 491 g/mol. The topological polar surface area (TPSA) is 95.6 Å². The van der Waals surface area contributed by atoms with Crippen LogP contribution in [0, 0.1) is 0 Å². The number of nitrogens with zero attached hydrogens (tertiary/aromatic N) is 1. The highest BCUT2D eigenvalue weighted by molar-refractivity contribution is 5.99. The number of methoxy groups -OCH3 is 3. The van der Waals surface area contributed by atoms with E-state index < -0.39 is 6.04 Å². The van der Waals surface area contributed by atoms with E-state index in [9.17, 15) is 9.59 Å². The van der Waals surface area contributed by atoms with Crippen LogP contribution >= 0.6 is 0 Å². The first-order chi connectivity index (χ1) is 17.5. The van der Waals surface area contributed by atoms with E-state index in [1.165, 1.54) is 21.3 Å². The Morgan fingerprint density at radius 3 is 2.39 bits per heavy atom. The number of anilines is 1. The van der Waals surface area contributed by atoms with Crippen molar-refractivity contribution in [2.24, 2.45) is 0 Å². The number of hydrogen-bond acceptors (Lipinski definition) is 7. The van der Waals surface area contributed by atoms with E-state index in [0.717, 1.165) is 5.56 Å². The fourth-order valence-corrected chi connectivity index (χ4v) is 4.59. The van der Waals surface area contributed by atoms with Crippen LogP contribution in [-0.4, -0.2) is 44.8 Å². The molecule has 1 N–H and O–H groups in total. The largest absolute Gasteiger partial charge is 0.493 e. The third kappa shape index (κ3) is 4.24. The normalized spacial score (nSPS) is 14.3. The molecular weight excluding hydrogens is 464 g/mol. The lowest BCUT2D eigenvalue weighted by atomic mass is 10.00. The molecule has 0 unspecified atom stereocenters. The molecule has 5 rings (SSSR count). The third-order valence-corrected chi connectivity index (χ3v) is 6.33. The predicted molar refractivity (Wildman–Crippen MR) is 131 cm³/mol. The monoisotopic (exact) mass is 490 g/mol. The van der Waals surface area contributed by atoms with Gasteiger partial charge in [0.05, 0.1) is 33.8 Å². The van der Waals surface area contributed by atoms with E-state index in [0.29, 0.717) is 52.1 Å². The van der Waals surface area contributed by atoms with Gasteiger partial charge in [-0.1, -0.05) is 18.2 Å². The van der Waals surface area contributed by atoms with Gasteiger partial charge in [-0.15, -0.1) is 0 Å². The molecule has 9 nitrogen and oxygen atoms in total. The number of rotatable bonds is 8. The van der Waals surface area contributed by atoms with Crippen LogP contribution in [0.3, 0.4) is 0 Å². The molecule has 0 radical (unpaired) electrons. The molecule has 2 amide bonds. The van der Waals surface area contributed by atoms with E-state index in [1.807, 2.05) is 18.2 Å². The number of nitrogens with one attached hydrogen (secondary N) is 1. The number of carbonyl (C=O) groups is 2. The number of amides is 2. The quantitative estimate of drug-likeness (QED) is 0.506. The lowest BCUT2D eigenvalue weighted by molar-refractivity contribution is -0.117. The molecule has 3 aromatic carbocycles. The molecule has 0 saturated heterocycles. The van der Waals surface area contributed by atoms with Crippen LogP contribution in [0.4, 0.5) is 5.69 Å². The van der Waals surface area contributed by atoms with Crippen molar-refractivity contribution in [2.75, 3.05) is 33.4 Å². The summed E-state index contributed by atoms with van der Waals surface area (Å²) in [5.41, 5.74) is 2.80. The maximum absolute atomic E-state index is 13.4. The summed E-state index contributed by atoms with van der Waals surface area (Å²) in [5, 5.41) is 2.91. The van der Waals surface area contributed by atoms with Gasteiger partial charge in [0.15, 0.2) is 23.0 Å². The van der Waals surface area contributed by atoms with Gasteiger partial charge in [-0.05, 0) is 41.5 Å². The number of carbonyl (C=O) groups excluding carboxylic acids is 2. The molecule has 2 aliphatic rings. The van der Waals surface area contributed by atoms with Crippen LogP contribution < -0.4 is 29.0 Å². The summed E-state index contributed by atoms with van der Waals surface area (Å²) in [6, 6.07) is 15.6. The predicted octanol–water partition coefficient (Wildman–Crippen LogP) is 4.17. The molecule has 0 saturated carbocycles. The van der Waals surface area contributed by atoms with E-state index in [4.69, 9.17) is 23.7 Å². The second-order valence-electron chi connectivity index (χ2n) is 8.39. The minimum atomic E-state index is -0.590. The Balaban J connectivity index is 1.48. The van der Waals surface area contributed by atoms with Gasteiger partial charge in [0, 0.05) is 23.9 Å². The minimum Gasteiger partial charge on any atom is -0.493 e. The highest BCUT2D eigenvalue weighted by Crippen LogP contribution is 2.43. The number of hydrogen-bond donors (Lipinski definition) is 1. The molecule has 186 valence electrons. The van der Waals surface area contributed by atoms with Crippen molar-refractivity contribution in [1.29, 1.82) is 0 Å². The lowest BCUT2D eigenvalue weighted by Crippen LogP contribution is -2.32. The summed E-state index contributed by atoms with van der Waals surface area (Å²) in [6.45, 7) is 0.529. The summed E-state index contributed by atoms with van der Waals surface area (Å²) in [5.74, 6) is 2.11. The van der Waals surface area contributed by atoms with Gasteiger partial charge in [0.1, 0.15) is 0 Å². The smallest absolute Gasteiger partial charge is 0.255 e. The summed E-state index contributed by atoms with van der Waals surface area (Å²) < 4.78 is 27.3. The SMILES string of the molecule is COc1cc([C@H](CC(=O)Nc2ccc3c(c2)OCO3)N2Cc3ccccc3C2=O)cc(OC)c1OC. The van der Waals surface area contributed by atoms with E-state index in [2.05, 4.69) is 5.32 Å². The van der Waals surface area contributed by atoms with Crippen LogP contribution in [0.15, 0.2) is 54.6 Å². The second kappa shape index (κ2) is 9.69. The maximum atomic E-state index is 13.4. The average Bonchev–Trinajstić information content (AvgIpc) is 3.50. The lowest BCUT2D eigenvalue weighted by Gasteiger charge is -2.29. The van der Waals surface area contributed by atoms with Gasteiger partial charge in [-0.2, -0.15) is 0 Å². The molecular formula is C27H26N2O7. The van der Waals surface area contributed by atoms with Crippen LogP contribution in [-0.2, 0) is 11.3 Å². The first kappa shape index (κ1) is 23.3. The van der Waals surface area contributed by atoms with Gasteiger partial charge < -0.3 is 33.9 Å². The van der Waals surface area contributed by atoms with Crippen molar-refractivity contribution in [3.8, 4) is 28.7 Å². The minimum absolute atomic E-state index is 0.00675. The summed E-state index contributed by atoms with van der Waals surface area (Å²) in [7, 11) is 4.58. The zero-order chi connectivity index (χ0) is 25.2. The number of fused-ring (bicyclic) bond motifs is 2. The molecule has 2 aliphatic heterocycles. The van der Waals surface area contributed by atoms with Crippen molar-refractivity contribution in [2.45, 2.75) is 19.0 Å². The Morgan fingerprint density at radius 2 is 1.69 bits per heavy atom. The zero-order valence-electron chi connectivity index (χ0n) is 20.2. The highest BCUT2D eigenvalue weighted by Gasteiger charge is 2.35. The summed E-state index contributed by atoms with van der Waals surface area (Å²) in [4.78, 5) is 28.3. The van der Waals surface area contributed by atoms with Crippen molar-refractivity contribution in [1.82, 2.24) is 4.90 Å². The second-order valence-corrected chi connectivity index (χ2v) is 8.39. The Labute approximate surface area is 208 Å². The number of benzene rings is 3. The molecule has 3 aromatic rings. The standard InChI is InChI=1S/C27H26N2O7/c1-32-23-10-17(11-24(33-2)26(23)34-3)20(29-14-16-6-4-5-7-19(16)27(29)31)13-25(30)28-18-8-9-21-22(12-18)36-15-35-21/h4-12,20H,13-15H2,1-3H3,(H,28,30)/t20-/m0/s1. The fourth-order valence-electron chi connectivity index (χ4n) is 4.59. The Hall–Kier alpha value is -4.40. The zero-order valence-corrected chi connectivity index (χ0v) is 20.2. The maximum Gasteiger partial charge on any atom is 0.255 e. The van der Waals surface area contributed by atoms with Gasteiger partial charge in [0.2, 0.25) is 18.4 Å². The van der Waals surface area contributed by atoms with Gasteiger partial charge in [-0.3, -0.25) is 9.59 Å². The third-order valence-electron chi connectivity index (χ3n) is 6.33. The van der Waals surface area contributed by atoms with E-state index >= 15 is 0 Å². The molecule has 2 heterocycles. The van der Waals surface area contributed by atoms with Gasteiger partial charge >= 0.3 is 0 Å². The molecule has 0 bridgehead atoms. The van der Waals surface area contributed by atoms with Crippen molar-refractivity contribution in [3.63, 3.8) is 0 Å². The molecule has 9 heteroatoms. The molecule has 36 heavy (non-hydrogen) atoms. The van der Waals surface area contributed by atoms with Crippen LogP contribution in [0.25, 0.3) is 0 Å². The first-order valence-corrected chi connectivity index (χ1v) is 11.4. The van der Waals surface area contributed by atoms with Gasteiger partial charge in [-0.25, -0.2) is 0 Å². The molecule has 0 aliphatic carbocycles. The van der Waals surface area contributed by atoms with E-state index in [-0.39, 0.29) is 25.0 Å². The molecule has 0 aromatic heterocycles. The van der Waals surface area contributed by atoms with Crippen LogP contribution in [0.2, 0.25) is 0 Å². The van der Waals surface area contributed by atoms with E-state index in [1.54, 1.807) is 41.3 Å². The molecule has 1 atom stereocenters. The van der Waals surface area contributed by atoms with Crippen molar-refractivity contribution >= 4 is 17.5 Å². The van der Waals surface area contributed by atoms with Crippen LogP contribution in [0.1, 0.15) is 33.9 Å². The number of ether oxygens (including phenoxy) is 5. The van der Waals surface area contributed by atoms with Crippen molar-refractivity contribution in [3.05, 3.63) is 71.3 Å². The Kier molecular flexibility index (Phi) is 6.28. The summed E-state index contributed by atoms with van der Waals surface area (Å²) in [6.07, 6.45) is 0.00675. The fraction of sp³-hybridized carbons (Fsp3) is 0.259. The van der Waals surface area contributed by atoms with Crippen molar-refractivity contribution < 1.29 is 33.3 Å². The van der Waals surface area contributed by atoms with Gasteiger partial charge in [0.25, 0.3) is 5.91 Å². The Morgan fingerprint density at radius 1 is 0.972 bits per heavy atom.